The predicted molar refractivity (Wildman–Crippen MR) is 71.3 cm³/mol. The Labute approximate surface area is 112 Å². The number of rotatable bonds is 7. The number of hydrogen-bond acceptors (Lipinski definition) is 3. The van der Waals surface area contributed by atoms with Crippen molar-refractivity contribution in [2.45, 2.75) is 26.7 Å². The molecule has 0 spiro atoms. The van der Waals surface area contributed by atoms with E-state index in [2.05, 4.69) is 5.32 Å². The maximum Gasteiger partial charge on any atom is 0.303 e. The second kappa shape index (κ2) is 7.41. The molecule has 1 amide bonds. The van der Waals surface area contributed by atoms with Crippen molar-refractivity contribution in [2.75, 3.05) is 13.2 Å². The zero-order valence-electron chi connectivity index (χ0n) is 11.2. The highest BCUT2D eigenvalue weighted by Crippen LogP contribution is 2.21. The van der Waals surface area contributed by atoms with Crippen LogP contribution in [0.4, 0.5) is 0 Å². The minimum Gasteiger partial charge on any atom is -0.491 e. The molecule has 0 radical (unpaired) electrons. The third kappa shape index (κ3) is 5.42. The highest BCUT2D eigenvalue weighted by molar-refractivity contribution is 5.80. The van der Waals surface area contributed by atoms with Gasteiger partial charge in [-0.2, -0.15) is 0 Å². The van der Waals surface area contributed by atoms with E-state index in [0.29, 0.717) is 13.2 Å². The number of para-hydroxylation sites is 1. The number of amides is 1. The fourth-order valence-corrected chi connectivity index (χ4v) is 1.68. The molecule has 0 fully saturated rings. The Bertz CT molecular complexity index is 437. The molecule has 5 heteroatoms. The number of carbonyl (C=O) groups is 2. The van der Waals surface area contributed by atoms with Crippen LogP contribution in [0.5, 0.6) is 5.75 Å². The first-order chi connectivity index (χ1) is 9.00. The zero-order valence-corrected chi connectivity index (χ0v) is 11.2. The third-order valence-corrected chi connectivity index (χ3v) is 2.65. The topological polar surface area (TPSA) is 75.6 Å². The second-order valence-electron chi connectivity index (χ2n) is 4.31. The van der Waals surface area contributed by atoms with Crippen LogP contribution in [0.3, 0.4) is 0 Å². The van der Waals surface area contributed by atoms with Crippen molar-refractivity contribution < 1.29 is 19.4 Å². The first kappa shape index (κ1) is 15.0. The van der Waals surface area contributed by atoms with Crippen LogP contribution in [0.25, 0.3) is 0 Å². The van der Waals surface area contributed by atoms with Crippen molar-refractivity contribution in [1.82, 2.24) is 5.32 Å². The lowest BCUT2D eigenvalue weighted by atomic mass is 10.1. The van der Waals surface area contributed by atoms with E-state index in [0.717, 1.165) is 16.9 Å². The molecule has 1 aromatic rings. The first-order valence-electron chi connectivity index (χ1n) is 6.18. The van der Waals surface area contributed by atoms with Crippen LogP contribution < -0.4 is 10.1 Å². The Morgan fingerprint density at radius 3 is 2.42 bits per heavy atom. The summed E-state index contributed by atoms with van der Waals surface area (Å²) in [6.07, 6.45) is -0.150. The fraction of sp³-hybridized carbons (Fsp3) is 0.429. The average Bonchev–Trinajstić information content (AvgIpc) is 2.35. The average molecular weight is 265 g/mol. The summed E-state index contributed by atoms with van der Waals surface area (Å²) in [7, 11) is 0. The van der Waals surface area contributed by atoms with Crippen LogP contribution >= 0.6 is 0 Å². The molecule has 19 heavy (non-hydrogen) atoms. The quantitative estimate of drug-likeness (QED) is 0.735. The third-order valence-electron chi connectivity index (χ3n) is 2.65. The fourth-order valence-electron chi connectivity index (χ4n) is 1.68. The van der Waals surface area contributed by atoms with E-state index in [9.17, 15) is 9.59 Å². The molecule has 104 valence electrons. The summed E-state index contributed by atoms with van der Waals surface area (Å²) in [5.74, 6) is -0.406. The Hall–Kier alpha value is -2.04. The minimum absolute atomic E-state index is 0.00126. The summed E-state index contributed by atoms with van der Waals surface area (Å²) in [6.45, 7) is 4.66. The molecule has 1 rings (SSSR count). The molecule has 0 saturated carbocycles. The van der Waals surface area contributed by atoms with Gasteiger partial charge in [-0.25, -0.2) is 0 Å². The molecule has 0 heterocycles. The Morgan fingerprint density at radius 2 is 1.84 bits per heavy atom. The van der Waals surface area contributed by atoms with E-state index in [-0.39, 0.29) is 18.7 Å². The molecule has 0 atom stereocenters. The number of carboxylic acids is 1. The molecule has 1 aromatic carbocycles. The molecule has 0 bridgehead atoms. The van der Waals surface area contributed by atoms with Gasteiger partial charge in [-0.1, -0.05) is 18.2 Å². The predicted octanol–water partition coefficient (Wildman–Crippen LogP) is 1.66. The molecule has 2 N–H and O–H groups in total. The number of carboxylic acid groups (broad SMARTS) is 1. The molecule has 0 aliphatic carbocycles. The summed E-state index contributed by atoms with van der Waals surface area (Å²) in [5, 5.41) is 11.1. The largest absolute Gasteiger partial charge is 0.491 e. The van der Waals surface area contributed by atoms with Crippen molar-refractivity contribution in [3.05, 3.63) is 29.3 Å². The number of aliphatic carboxylic acids is 1. The molecule has 0 saturated heterocycles. The zero-order chi connectivity index (χ0) is 14.3. The van der Waals surface area contributed by atoms with Crippen molar-refractivity contribution in [2.24, 2.45) is 0 Å². The van der Waals surface area contributed by atoms with Crippen molar-refractivity contribution >= 4 is 11.9 Å². The molecule has 0 unspecified atom stereocenters. The van der Waals surface area contributed by atoms with Crippen LogP contribution in [0.2, 0.25) is 0 Å². The van der Waals surface area contributed by atoms with Gasteiger partial charge >= 0.3 is 5.97 Å². The van der Waals surface area contributed by atoms with E-state index >= 15 is 0 Å². The molecule has 0 aliphatic rings. The van der Waals surface area contributed by atoms with Gasteiger partial charge in [0, 0.05) is 6.42 Å². The van der Waals surface area contributed by atoms with Crippen molar-refractivity contribution in [3.8, 4) is 5.75 Å². The van der Waals surface area contributed by atoms with E-state index in [1.54, 1.807) is 0 Å². The summed E-state index contributed by atoms with van der Waals surface area (Å²) in [5.41, 5.74) is 2.11. The highest BCUT2D eigenvalue weighted by Gasteiger charge is 2.05. The minimum atomic E-state index is -0.970. The van der Waals surface area contributed by atoms with E-state index in [1.165, 1.54) is 0 Å². The lowest BCUT2D eigenvalue weighted by Crippen LogP contribution is -2.28. The maximum absolute atomic E-state index is 11.3. The van der Waals surface area contributed by atoms with Crippen LogP contribution in [0.15, 0.2) is 18.2 Å². The lowest BCUT2D eigenvalue weighted by Gasteiger charge is -2.12. The number of nitrogens with one attached hydrogen (secondary N) is 1. The van der Waals surface area contributed by atoms with Gasteiger partial charge in [0.1, 0.15) is 12.4 Å². The molecular formula is C14H19NO4. The van der Waals surface area contributed by atoms with Crippen LogP contribution in [0.1, 0.15) is 24.0 Å². The second-order valence-corrected chi connectivity index (χ2v) is 4.31. The van der Waals surface area contributed by atoms with Gasteiger partial charge in [0.05, 0.1) is 13.0 Å². The monoisotopic (exact) mass is 265 g/mol. The lowest BCUT2D eigenvalue weighted by molar-refractivity contribution is -0.138. The first-order valence-corrected chi connectivity index (χ1v) is 6.18. The van der Waals surface area contributed by atoms with Gasteiger partial charge in [-0.3, -0.25) is 9.59 Å². The summed E-state index contributed by atoms with van der Waals surface area (Å²) in [4.78, 5) is 21.6. The number of aryl methyl sites for hydroxylation is 2. The molecular weight excluding hydrogens is 246 g/mol. The smallest absolute Gasteiger partial charge is 0.303 e. The Morgan fingerprint density at radius 1 is 1.21 bits per heavy atom. The summed E-state index contributed by atoms with van der Waals surface area (Å²) >= 11 is 0. The SMILES string of the molecule is Cc1cccc(C)c1OCCNC(=O)CCC(=O)O. The standard InChI is InChI=1S/C14H19NO4/c1-10-4-3-5-11(2)14(10)19-9-8-15-12(16)6-7-13(17)18/h3-5H,6-9H2,1-2H3,(H,15,16)(H,17,18). The number of benzene rings is 1. The van der Waals surface area contributed by atoms with Crippen LogP contribution in [-0.4, -0.2) is 30.1 Å². The van der Waals surface area contributed by atoms with Crippen molar-refractivity contribution in [3.63, 3.8) is 0 Å². The van der Waals surface area contributed by atoms with Gasteiger partial charge in [0.15, 0.2) is 0 Å². The maximum atomic E-state index is 11.3. The number of carbonyl (C=O) groups excluding carboxylic acids is 1. The highest BCUT2D eigenvalue weighted by atomic mass is 16.5. The van der Waals surface area contributed by atoms with Crippen LogP contribution in [0, 0.1) is 13.8 Å². The van der Waals surface area contributed by atoms with E-state index < -0.39 is 5.97 Å². The van der Waals surface area contributed by atoms with E-state index in [1.807, 2.05) is 32.0 Å². The van der Waals surface area contributed by atoms with Crippen LogP contribution in [-0.2, 0) is 9.59 Å². The van der Waals surface area contributed by atoms with Gasteiger partial charge in [-0.15, -0.1) is 0 Å². The summed E-state index contributed by atoms with van der Waals surface area (Å²) < 4.78 is 5.61. The molecule has 5 nitrogen and oxygen atoms in total. The van der Waals surface area contributed by atoms with Gasteiger partial charge < -0.3 is 15.2 Å². The molecule has 0 aromatic heterocycles. The van der Waals surface area contributed by atoms with E-state index in [4.69, 9.17) is 9.84 Å². The van der Waals surface area contributed by atoms with Crippen molar-refractivity contribution in [1.29, 1.82) is 0 Å². The number of ether oxygens (including phenoxy) is 1. The van der Waals surface area contributed by atoms with Gasteiger partial charge in [-0.05, 0) is 25.0 Å². The normalized spacial score (nSPS) is 10.0. The summed E-state index contributed by atoms with van der Waals surface area (Å²) in [6, 6.07) is 5.90. The van der Waals surface area contributed by atoms with Gasteiger partial charge in [0.2, 0.25) is 5.91 Å². The molecule has 0 aliphatic heterocycles. The Kier molecular flexibility index (Phi) is 5.85. The Balaban J connectivity index is 2.27. The number of hydrogen-bond donors (Lipinski definition) is 2. The van der Waals surface area contributed by atoms with Gasteiger partial charge in [0.25, 0.3) is 0 Å².